The van der Waals surface area contributed by atoms with Gasteiger partial charge in [-0.2, -0.15) is 0 Å². The van der Waals surface area contributed by atoms with Gasteiger partial charge in [0.15, 0.2) is 0 Å². The molecular weight excluding hydrogens is 140 g/mol. The lowest BCUT2D eigenvalue weighted by atomic mass is 10.1. The molecule has 0 bridgehead atoms. The number of rotatable bonds is 6. The van der Waals surface area contributed by atoms with Crippen LogP contribution in [0.5, 0.6) is 0 Å². The summed E-state index contributed by atoms with van der Waals surface area (Å²) in [6, 6.07) is 0. The summed E-state index contributed by atoms with van der Waals surface area (Å²) in [5.74, 6) is 0.424. The van der Waals surface area contributed by atoms with Gasteiger partial charge in [0.25, 0.3) is 0 Å². The van der Waals surface area contributed by atoms with E-state index < -0.39 is 0 Å². The van der Waals surface area contributed by atoms with Crippen molar-refractivity contribution in [2.75, 3.05) is 0 Å². The summed E-state index contributed by atoms with van der Waals surface area (Å²) in [6.07, 6.45) is 4.84. The van der Waals surface area contributed by atoms with Gasteiger partial charge in [-0.05, 0) is 19.3 Å². The van der Waals surface area contributed by atoms with Crippen LogP contribution in [0, 0.1) is 17.2 Å². The zero-order chi connectivity index (χ0) is 8.69. The zero-order valence-electron chi connectivity index (χ0n) is 6.56. The van der Waals surface area contributed by atoms with Crippen LogP contribution >= 0.6 is 0 Å². The number of hydrogen-bond acceptors (Lipinski definition) is 2. The van der Waals surface area contributed by atoms with Crippen molar-refractivity contribution in [2.24, 2.45) is 11.5 Å². The molecule has 4 heteroatoms. The molecule has 0 rings (SSSR count). The van der Waals surface area contributed by atoms with Crippen molar-refractivity contribution in [1.29, 1.82) is 10.8 Å². The molecule has 0 aromatic rings. The Morgan fingerprint density at radius 2 is 1.36 bits per heavy atom. The minimum Gasteiger partial charge on any atom is -0.388 e. The molecule has 0 unspecified atom stereocenters. The van der Waals surface area contributed by atoms with Crippen LogP contribution in [0.2, 0.25) is 0 Å². The summed E-state index contributed by atoms with van der Waals surface area (Å²) >= 11 is 0. The fourth-order valence-electron chi connectivity index (χ4n) is 0.659. The molecule has 0 amide bonds. The summed E-state index contributed by atoms with van der Waals surface area (Å²) in [4.78, 5) is 0. The van der Waals surface area contributed by atoms with Gasteiger partial charge in [-0.3, -0.25) is 10.8 Å². The van der Waals surface area contributed by atoms with E-state index in [1.54, 1.807) is 0 Å². The number of unbranched alkanes of at least 4 members (excludes halogenated alkanes) is 2. The van der Waals surface area contributed by atoms with Gasteiger partial charge in [-0.15, -0.1) is 0 Å². The normalized spacial score (nSPS) is 9.45. The van der Waals surface area contributed by atoms with E-state index >= 15 is 0 Å². The molecule has 63 valence electrons. The average molecular weight is 155 g/mol. The van der Waals surface area contributed by atoms with Crippen LogP contribution in [0.4, 0.5) is 0 Å². The lowest BCUT2D eigenvalue weighted by Gasteiger charge is -1.98. The van der Waals surface area contributed by atoms with Gasteiger partial charge in [0, 0.05) is 12.8 Å². The predicted molar refractivity (Wildman–Crippen MR) is 46.6 cm³/mol. The van der Waals surface area contributed by atoms with Crippen LogP contribution in [0.3, 0.4) is 0 Å². The van der Waals surface area contributed by atoms with Gasteiger partial charge in [0.2, 0.25) is 0 Å². The summed E-state index contributed by atoms with van der Waals surface area (Å²) in [5.41, 5.74) is 10.3. The van der Waals surface area contributed by atoms with Gasteiger partial charge in [0.1, 0.15) is 0 Å². The topological polar surface area (TPSA) is 99.7 Å². The van der Waals surface area contributed by atoms with E-state index in [1.165, 1.54) is 0 Å². The lowest BCUT2D eigenvalue weighted by molar-refractivity contribution is 0.876. The molecule has 0 aromatic heterocycles. The molecule has 0 saturated carbocycles. The van der Waals surface area contributed by atoms with Crippen molar-refractivity contribution < 1.29 is 0 Å². The maximum atomic E-state index is 6.91. The molecule has 1 radical (unpaired) electrons. The van der Waals surface area contributed by atoms with E-state index in [0.29, 0.717) is 12.8 Å². The van der Waals surface area contributed by atoms with Crippen LogP contribution in [0.15, 0.2) is 0 Å². The smallest absolute Gasteiger partial charge is 0.0905 e. The highest BCUT2D eigenvalue weighted by atomic mass is 14.7. The van der Waals surface area contributed by atoms with Gasteiger partial charge in [-0.1, -0.05) is 0 Å². The fourth-order valence-corrected chi connectivity index (χ4v) is 0.659. The highest BCUT2D eigenvalue weighted by Crippen LogP contribution is 2.00. The summed E-state index contributed by atoms with van der Waals surface area (Å²) in [7, 11) is 0. The van der Waals surface area contributed by atoms with Crippen molar-refractivity contribution in [3.63, 3.8) is 0 Å². The molecule has 0 heterocycles. The molecule has 0 atom stereocenters. The Bertz CT molecular complexity index is 125. The van der Waals surface area contributed by atoms with Crippen LogP contribution < -0.4 is 11.5 Å². The Hall–Kier alpha value is -1.06. The monoisotopic (exact) mass is 155 g/mol. The second kappa shape index (κ2) is 5.70. The second-order valence-electron chi connectivity index (χ2n) is 2.42. The van der Waals surface area contributed by atoms with Crippen LogP contribution in [0.25, 0.3) is 0 Å². The summed E-state index contributed by atoms with van der Waals surface area (Å²) in [5, 5.41) is 13.8. The third kappa shape index (κ3) is 8.94. The number of hydrogen-bond donors (Lipinski definition) is 4. The van der Waals surface area contributed by atoms with Gasteiger partial charge >= 0.3 is 0 Å². The molecule has 0 aliphatic rings. The largest absolute Gasteiger partial charge is 0.388 e. The minimum atomic E-state index is 0.212. The molecule has 0 spiro atoms. The number of nitrogens with two attached hydrogens (primary N) is 2. The Balaban J connectivity index is 3.03. The molecule has 6 N–H and O–H groups in total. The fraction of sp³-hybridized carbons (Fsp3) is 0.571. The van der Waals surface area contributed by atoms with E-state index in [-0.39, 0.29) is 11.7 Å². The molecule has 4 nitrogen and oxygen atoms in total. The minimum absolute atomic E-state index is 0.212. The van der Waals surface area contributed by atoms with Crippen LogP contribution in [-0.2, 0) is 0 Å². The molecule has 0 aliphatic carbocycles. The quantitative estimate of drug-likeness (QED) is 0.257. The van der Waals surface area contributed by atoms with Crippen molar-refractivity contribution in [3.05, 3.63) is 6.42 Å². The number of nitrogens with one attached hydrogen (secondary N) is 2. The SMILES string of the molecule is N=C(N)CC[CH]CCC(=N)N. The molecule has 11 heavy (non-hydrogen) atoms. The molecular formula is C7H15N4. The number of amidine groups is 2. The van der Waals surface area contributed by atoms with Crippen molar-refractivity contribution in [3.8, 4) is 0 Å². The lowest BCUT2D eigenvalue weighted by Crippen LogP contribution is -2.10. The van der Waals surface area contributed by atoms with E-state index in [9.17, 15) is 0 Å². The van der Waals surface area contributed by atoms with Gasteiger partial charge in [-0.25, -0.2) is 0 Å². The summed E-state index contributed by atoms with van der Waals surface area (Å²) in [6.45, 7) is 0. The first-order valence-electron chi connectivity index (χ1n) is 3.60. The third-order valence-electron chi connectivity index (χ3n) is 1.24. The predicted octanol–water partition coefficient (Wildman–Crippen LogP) is 0.623. The van der Waals surface area contributed by atoms with E-state index in [0.717, 1.165) is 12.8 Å². The first-order chi connectivity index (χ1) is 5.13. The average Bonchev–Trinajstić information content (AvgIpc) is 1.85. The van der Waals surface area contributed by atoms with Crippen molar-refractivity contribution in [2.45, 2.75) is 25.7 Å². The Kier molecular flexibility index (Phi) is 5.15. The zero-order valence-corrected chi connectivity index (χ0v) is 6.56. The third-order valence-corrected chi connectivity index (χ3v) is 1.24. The van der Waals surface area contributed by atoms with Gasteiger partial charge < -0.3 is 11.5 Å². The maximum Gasteiger partial charge on any atom is 0.0905 e. The van der Waals surface area contributed by atoms with Crippen LogP contribution in [0.1, 0.15) is 25.7 Å². The first-order valence-corrected chi connectivity index (χ1v) is 3.60. The Labute approximate surface area is 67.0 Å². The molecule has 0 saturated heterocycles. The van der Waals surface area contributed by atoms with E-state index in [1.807, 2.05) is 6.42 Å². The van der Waals surface area contributed by atoms with Crippen molar-refractivity contribution >= 4 is 11.7 Å². The standard InChI is InChI=1S/C7H15N4/c8-6(9)4-2-1-3-5-7(10)11/h1H,2-5H2,(H3,8,9)(H3,10,11). The van der Waals surface area contributed by atoms with E-state index in [4.69, 9.17) is 22.3 Å². The summed E-state index contributed by atoms with van der Waals surface area (Å²) < 4.78 is 0. The van der Waals surface area contributed by atoms with Crippen molar-refractivity contribution in [1.82, 2.24) is 0 Å². The molecule has 0 aromatic carbocycles. The first kappa shape index (κ1) is 9.94. The Morgan fingerprint density at radius 1 is 1.00 bits per heavy atom. The highest BCUT2D eigenvalue weighted by molar-refractivity contribution is 5.77. The van der Waals surface area contributed by atoms with Gasteiger partial charge in [0.05, 0.1) is 11.7 Å². The molecule has 0 aliphatic heterocycles. The maximum absolute atomic E-state index is 6.91. The Morgan fingerprint density at radius 3 is 1.64 bits per heavy atom. The highest BCUT2D eigenvalue weighted by Gasteiger charge is 1.93. The molecule has 0 fully saturated rings. The second-order valence-corrected chi connectivity index (χ2v) is 2.42. The van der Waals surface area contributed by atoms with Crippen LogP contribution in [-0.4, -0.2) is 11.7 Å². The van der Waals surface area contributed by atoms with E-state index in [2.05, 4.69) is 0 Å².